The van der Waals surface area contributed by atoms with E-state index in [1.807, 2.05) is 18.3 Å². The fraction of sp³-hybridized carbons (Fsp3) is 0.366. The Hall–Kier alpha value is -4.00. The minimum absolute atomic E-state index is 0.637. The smallest absolute Gasteiger partial charge is 0.101 e. The number of allylic oxidation sites excluding steroid dienone is 6. The Morgan fingerprint density at radius 1 is 1.09 bits per heavy atom. The molecule has 44 heavy (non-hydrogen) atoms. The molecule has 0 N–H and O–H groups in total. The number of hydrogen-bond donors (Lipinski definition) is 0. The number of hydrogen-bond acceptors (Lipinski definition) is 3. The fourth-order valence-electron chi connectivity index (χ4n) is 7.35. The van der Waals surface area contributed by atoms with Crippen LogP contribution in [0.15, 0.2) is 90.8 Å². The highest BCUT2D eigenvalue weighted by molar-refractivity contribution is 5.79. The normalized spacial score (nSPS) is 17.5. The first-order chi connectivity index (χ1) is 21.6. The van der Waals surface area contributed by atoms with Gasteiger partial charge in [-0.1, -0.05) is 74.2 Å². The number of pyridine rings is 1. The second-order valence-corrected chi connectivity index (χ2v) is 12.3. The van der Waals surface area contributed by atoms with Crippen LogP contribution < -0.4 is 0 Å². The summed E-state index contributed by atoms with van der Waals surface area (Å²) in [7, 11) is 0. The van der Waals surface area contributed by atoms with Gasteiger partial charge in [-0.15, -0.1) is 0 Å². The summed E-state index contributed by atoms with van der Waals surface area (Å²) < 4.78 is 0. The third kappa shape index (κ3) is 7.20. The molecule has 226 valence electrons. The van der Waals surface area contributed by atoms with E-state index in [0.29, 0.717) is 11.6 Å². The van der Waals surface area contributed by atoms with Crippen LogP contribution in [0.2, 0.25) is 0 Å². The number of fused-ring (bicyclic) bond motifs is 1. The van der Waals surface area contributed by atoms with Gasteiger partial charge in [0.15, 0.2) is 0 Å². The zero-order valence-corrected chi connectivity index (χ0v) is 26.9. The molecule has 3 heteroatoms. The zero-order chi connectivity index (χ0) is 30.9. The predicted octanol–water partition coefficient (Wildman–Crippen LogP) is 9.61. The van der Waals surface area contributed by atoms with Crippen molar-refractivity contribution in [1.29, 1.82) is 5.26 Å². The van der Waals surface area contributed by atoms with Gasteiger partial charge in [-0.3, -0.25) is 9.88 Å². The van der Waals surface area contributed by atoms with Crippen molar-refractivity contribution in [2.24, 2.45) is 0 Å². The summed E-state index contributed by atoms with van der Waals surface area (Å²) in [6.07, 6.45) is 22.6. The Bertz CT molecular complexity index is 1600. The Balaban J connectivity index is 1.46. The lowest BCUT2D eigenvalue weighted by Crippen LogP contribution is -2.29. The van der Waals surface area contributed by atoms with Gasteiger partial charge in [0.1, 0.15) is 6.07 Å². The van der Waals surface area contributed by atoms with Crippen LogP contribution in [0.1, 0.15) is 97.4 Å². The van der Waals surface area contributed by atoms with Crippen LogP contribution in [-0.2, 0) is 32.2 Å². The monoisotopic (exact) mass is 581 g/mol. The van der Waals surface area contributed by atoms with Gasteiger partial charge in [-0.25, -0.2) is 0 Å². The Morgan fingerprint density at radius 2 is 1.91 bits per heavy atom. The van der Waals surface area contributed by atoms with E-state index in [9.17, 15) is 5.26 Å². The second-order valence-electron chi connectivity index (χ2n) is 12.3. The van der Waals surface area contributed by atoms with Crippen molar-refractivity contribution in [1.82, 2.24) is 9.88 Å². The van der Waals surface area contributed by atoms with Crippen molar-refractivity contribution in [3.05, 3.63) is 135 Å². The van der Waals surface area contributed by atoms with E-state index in [4.69, 9.17) is 0 Å². The van der Waals surface area contributed by atoms with Crippen molar-refractivity contribution in [2.45, 2.75) is 91.1 Å². The van der Waals surface area contributed by atoms with E-state index in [1.54, 1.807) is 22.9 Å². The number of aryl methyl sites for hydroxylation is 2. The molecular formula is C41H47N3. The van der Waals surface area contributed by atoms with Crippen LogP contribution >= 0.6 is 0 Å². The van der Waals surface area contributed by atoms with Gasteiger partial charge < -0.3 is 0 Å². The highest BCUT2D eigenvalue weighted by Gasteiger charge is 2.27. The van der Waals surface area contributed by atoms with Gasteiger partial charge in [-0.2, -0.15) is 5.26 Å². The standard InChI is InChI=1S/C41H47N3/c1-5-33(30(4)38(7-3)34-14-9-8-10-15-34)16-11-17-35-25-36(22-21-31-24-32(26-42)28-43-27-31)41(40-20-12-19-39(35)40)29-44-23-13-18-37(44)6-2/h5,7-11,14-15,17,24-25,27-28,37H,1,6,12-13,16,18-23,29H2,2-4H3/b17-11-,33-30+,38-7+. The molecule has 1 atom stereocenters. The van der Waals surface area contributed by atoms with E-state index in [1.165, 1.54) is 72.1 Å². The molecule has 3 nitrogen and oxygen atoms in total. The molecule has 1 saturated heterocycles. The molecule has 2 aromatic carbocycles. The van der Waals surface area contributed by atoms with Crippen molar-refractivity contribution >= 4 is 11.6 Å². The molecule has 1 unspecified atom stereocenters. The van der Waals surface area contributed by atoms with Crippen molar-refractivity contribution < 1.29 is 0 Å². The number of nitrogens with zero attached hydrogens (tertiary/aromatic N) is 3. The minimum Gasteiger partial charge on any atom is -0.296 e. The second kappa shape index (κ2) is 15.1. The highest BCUT2D eigenvalue weighted by atomic mass is 15.2. The number of rotatable bonds is 12. The van der Waals surface area contributed by atoms with Gasteiger partial charge in [-0.05, 0) is 140 Å². The number of aromatic nitrogens is 1. The van der Waals surface area contributed by atoms with E-state index in [0.717, 1.165) is 37.8 Å². The summed E-state index contributed by atoms with van der Waals surface area (Å²) in [4.78, 5) is 7.06. The fourth-order valence-corrected chi connectivity index (χ4v) is 7.35. The largest absolute Gasteiger partial charge is 0.296 e. The number of benzene rings is 2. The van der Waals surface area contributed by atoms with E-state index >= 15 is 0 Å². The lowest BCUT2D eigenvalue weighted by molar-refractivity contribution is 0.239. The quantitative estimate of drug-likeness (QED) is 0.200. The number of likely N-dealkylation sites (tertiary alicyclic amines) is 1. The van der Waals surface area contributed by atoms with Crippen molar-refractivity contribution in [3.8, 4) is 6.07 Å². The Kier molecular flexibility index (Phi) is 10.8. The van der Waals surface area contributed by atoms with E-state index in [-0.39, 0.29) is 0 Å². The third-order valence-corrected chi connectivity index (χ3v) is 9.73. The van der Waals surface area contributed by atoms with Gasteiger partial charge in [0.05, 0.1) is 5.56 Å². The van der Waals surface area contributed by atoms with Crippen molar-refractivity contribution in [3.63, 3.8) is 0 Å². The Labute approximate surface area is 265 Å². The first-order valence-corrected chi connectivity index (χ1v) is 16.5. The zero-order valence-electron chi connectivity index (χ0n) is 26.9. The van der Waals surface area contributed by atoms with Gasteiger partial charge in [0.25, 0.3) is 0 Å². The van der Waals surface area contributed by atoms with Crippen LogP contribution in [0.25, 0.3) is 11.6 Å². The van der Waals surface area contributed by atoms with Crippen LogP contribution in [0.3, 0.4) is 0 Å². The van der Waals surface area contributed by atoms with Gasteiger partial charge >= 0.3 is 0 Å². The summed E-state index contributed by atoms with van der Waals surface area (Å²) in [5, 5.41) is 9.40. The van der Waals surface area contributed by atoms with Crippen molar-refractivity contribution in [2.75, 3.05) is 6.54 Å². The molecule has 0 saturated carbocycles. The van der Waals surface area contributed by atoms with Crippen LogP contribution in [0.5, 0.6) is 0 Å². The summed E-state index contributed by atoms with van der Waals surface area (Å²) >= 11 is 0. The molecule has 0 amide bonds. The topological polar surface area (TPSA) is 39.9 Å². The van der Waals surface area contributed by atoms with Crippen LogP contribution in [-0.4, -0.2) is 22.5 Å². The highest BCUT2D eigenvalue weighted by Crippen LogP contribution is 2.36. The molecule has 0 spiro atoms. The lowest BCUT2D eigenvalue weighted by Gasteiger charge is -2.27. The molecule has 2 aliphatic rings. The minimum atomic E-state index is 0.637. The summed E-state index contributed by atoms with van der Waals surface area (Å²) in [5.74, 6) is 0. The molecule has 5 rings (SSSR count). The first-order valence-electron chi connectivity index (χ1n) is 16.5. The molecule has 1 fully saturated rings. The van der Waals surface area contributed by atoms with E-state index in [2.05, 4.69) is 97.9 Å². The molecule has 0 radical (unpaired) electrons. The maximum Gasteiger partial charge on any atom is 0.101 e. The first kappa shape index (κ1) is 31.4. The molecule has 1 aliphatic heterocycles. The van der Waals surface area contributed by atoms with Gasteiger partial charge in [0, 0.05) is 25.0 Å². The summed E-state index contributed by atoms with van der Waals surface area (Å²) in [6, 6.07) is 18.1. The molecule has 0 bridgehead atoms. The predicted molar refractivity (Wildman–Crippen MR) is 185 cm³/mol. The molecular weight excluding hydrogens is 534 g/mol. The van der Waals surface area contributed by atoms with Gasteiger partial charge in [0.2, 0.25) is 0 Å². The summed E-state index contributed by atoms with van der Waals surface area (Å²) in [6.45, 7) is 13.1. The summed E-state index contributed by atoms with van der Waals surface area (Å²) in [5.41, 5.74) is 14.4. The maximum absolute atomic E-state index is 9.40. The third-order valence-electron chi connectivity index (χ3n) is 9.73. The maximum atomic E-state index is 9.40. The molecule has 1 aromatic heterocycles. The number of nitriles is 1. The van der Waals surface area contributed by atoms with Crippen LogP contribution in [0, 0.1) is 11.3 Å². The molecule has 1 aliphatic carbocycles. The SMILES string of the molecule is C=C/C(C/C=C\c1cc(CCc2cncc(C#N)c2)c(CN2CCCC2CC)c2c1CCC2)=C(C)\C(=C/C)c1ccccc1. The average Bonchev–Trinajstić information content (AvgIpc) is 3.74. The van der Waals surface area contributed by atoms with Crippen LogP contribution in [0.4, 0.5) is 0 Å². The Morgan fingerprint density at radius 3 is 2.66 bits per heavy atom. The average molecular weight is 582 g/mol. The van der Waals surface area contributed by atoms with E-state index < -0.39 is 0 Å². The molecule has 2 heterocycles. The lowest BCUT2D eigenvalue weighted by atomic mass is 9.89. The molecule has 3 aromatic rings.